The number of rotatable bonds is 7. The van der Waals surface area contributed by atoms with Gasteiger partial charge in [0.25, 0.3) is 0 Å². The summed E-state index contributed by atoms with van der Waals surface area (Å²) < 4.78 is 5.37. The van der Waals surface area contributed by atoms with E-state index in [2.05, 4.69) is 0 Å². The molecule has 0 saturated heterocycles. The topological polar surface area (TPSA) is 46.5 Å². The van der Waals surface area contributed by atoms with Crippen molar-refractivity contribution in [3.05, 3.63) is 47.7 Å². The van der Waals surface area contributed by atoms with Crippen LogP contribution in [0.3, 0.4) is 0 Å². The number of hydrogen-bond donors (Lipinski definition) is 1. The lowest BCUT2D eigenvalue weighted by Gasteiger charge is -2.02. The lowest BCUT2D eigenvalue weighted by Crippen LogP contribution is -2.02. The third-order valence-corrected chi connectivity index (χ3v) is 2.29. The maximum atomic E-state index is 11.3. The Morgan fingerprint density at radius 2 is 2.06 bits per heavy atom. The fourth-order valence-corrected chi connectivity index (χ4v) is 1.30. The molecule has 1 rings (SSSR count). The summed E-state index contributed by atoms with van der Waals surface area (Å²) >= 11 is 0. The first kappa shape index (κ1) is 13.5. The SMILES string of the molecule is CCC(O)=CC(=O)CCOCc1ccccc1. The summed E-state index contributed by atoms with van der Waals surface area (Å²) in [5.74, 6) is 0.0236. The summed E-state index contributed by atoms with van der Waals surface area (Å²) in [6, 6.07) is 9.80. The van der Waals surface area contributed by atoms with Gasteiger partial charge >= 0.3 is 0 Å². The van der Waals surface area contributed by atoms with Crippen LogP contribution in [0.5, 0.6) is 0 Å². The molecule has 0 aliphatic heterocycles. The van der Waals surface area contributed by atoms with E-state index in [0.29, 0.717) is 26.1 Å². The van der Waals surface area contributed by atoms with E-state index in [9.17, 15) is 4.79 Å². The largest absolute Gasteiger partial charge is 0.512 e. The van der Waals surface area contributed by atoms with E-state index in [4.69, 9.17) is 9.84 Å². The zero-order chi connectivity index (χ0) is 12.5. The van der Waals surface area contributed by atoms with Crippen LogP contribution in [0.15, 0.2) is 42.2 Å². The Balaban J connectivity index is 2.19. The Kier molecular flexibility index (Phi) is 6.04. The van der Waals surface area contributed by atoms with Gasteiger partial charge in [-0.25, -0.2) is 0 Å². The Labute approximate surface area is 102 Å². The van der Waals surface area contributed by atoms with E-state index < -0.39 is 0 Å². The number of benzene rings is 1. The average molecular weight is 234 g/mol. The van der Waals surface area contributed by atoms with Gasteiger partial charge in [0.2, 0.25) is 0 Å². The molecule has 0 bridgehead atoms. The van der Waals surface area contributed by atoms with Crippen LogP contribution in [0.25, 0.3) is 0 Å². The van der Waals surface area contributed by atoms with Gasteiger partial charge in [0.15, 0.2) is 5.78 Å². The predicted molar refractivity (Wildman–Crippen MR) is 66.7 cm³/mol. The Bertz CT molecular complexity index is 368. The van der Waals surface area contributed by atoms with Crippen molar-refractivity contribution in [2.24, 2.45) is 0 Å². The molecule has 92 valence electrons. The van der Waals surface area contributed by atoms with Crippen LogP contribution in [0.1, 0.15) is 25.3 Å². The summed E-state index contributed by atoms with van der Waals surface area (Å²) in [6.07, 6.45) is 2.05. The van der Waals surface area contributed by atoms with Gasteiger partial charge in [-0.3, -0.25) is 4.79 Å². The molecule has 1 aromatic rings. The van der Waals surface area contributed by atoms with Crippen LogP contribution < -0.4 is 0 Å². The number of aliphatic hydroxyl groups excluding tert-OH is 1. The van der Waals surface area contributed by atoms with Gasteiger partial charge in [-0.05, 0) is 5.56 Å². The molecule has 0 amide bonds. The van der Waals surface area contributed by atoms with Gasteiger partial charge in [-0.2, -0.15) is 0 Å². The molecule has 0 saturated carbocycles. The van der Waals surface area contributed by atoms with E-state index in [1.165, 1.54) is 6.08 Å². The maximum Gasteiger partial charge on any atom is 0.161 e. The van der Waals surface area contributed by atoms with Crippen LogP contribution in [0.2, 0.25) is 0 Å². The number of allylic oxidation sites excluding steroid dienone is 2. The molecule has 0 aromatic heterocycles. The second kappa shape index (κ2) is 7.63. The number of aliphatic hydroxyl groups is 1. The quantitative estimate of drug-likeness (QED) is 0.448. The molecule has 0 fully saturated rings. The fraction of sp³-hybridized carbons (Fsp3) is 0.357. The Morgan fingerprint density at radius 1 is 1.35 bits per heavy atom. The number of ketones is 1. The average Bonchev–Trinajstić information content (AvgIpc) is 2.36. The van der Waals surface area contributed by atoms with Crippen LogP contribution in [0, 0.1) is 0 Å². The normalized spacial score (nSPS) is 11.5. The van der Waals surface area contributed by atoms with Crippen molar-refractivity contribution in [2.75, 3.05) is 6.61 Å². The third kappa shape index (κ3) is 5.88. The van der Waals surface area contributed by atoms with E-state index in [0.717, 1.165) is 5.56 Å². The van der Waals surface area contributed by atoms with Crippen LogP contribution in [-0.4, -0.2) is 17.5 Å². The zero-order valence-corrected chi connectivity index (χ0v) is 10.1. The van der Waals surface area contributed by atoms with Crippen LogP contribution >= 0.6 is 0 Å². The summed E-state index contributed by atoms with van der Waals surface area (Å²) in [6.45, 7) is 2.68. The highest BCUT2D eigenvalue weighted by Gasteiger charge is 2.00. The van der Waals surface area contributed by atoms with Crippen molar-refractivity contribution in [3.8, 4) is 0 Å². The summed E-state index contributed by atoms with van der Waals surface area (Å²) in [5, 5.41) is 9.16. The van der Waals surface area contributed by atoms with Crippen molar-refractivity contribution >= 4 is 5.78 Å². The van der Waals surface area contributed by atoms with E-state index in [1.54, 1.807) is 6.92 Å². The molecule has 1 aromatic carbocycles. The van der Waals surface area contributed by atoms with Crippen molar-refractivity contribution < 1.29 is 14.6 Å². The molecule has 1 N–H and O–H groups in total. The van der Waals surface area contributed by atoms with E-state index in [1.807, 2.05) is 30.3 Å². The first-order chi connectivity index (χ1) is 8.22. The minimum Gasteiger partial charge on any atom is -0.512 e. The van der Waals surface area contributed by atoms with Crippen LogP contribution in [0.4, 0.5) is 0 Å². The minimum absolute atomic E-state index is 0.0996. The molecule has 17 heavy (non-hydrogen) atoms. The van der Waals surface area contributed by atoms with Crippen molar-refractivity contribution in [2.45, 2.75) is 26.4 Å². The molecular formula is C14H18O3. The highest BCUT2D eigenvalue weighted by molar-refractivity contribution is 5.90. The fourth-order valence-electron chi connectivity index (χ4n) is 1.30. The summed E-state index contributed by atoms with van der Waals surface area (Å²) in [5.41, 5.74) is 1.09. The summed E-state index contributed by atoms with van der Waals surface area (Å²) in [7, 11) is 0. The highest BCUT2D eigenvalue weighted by Crippen LogP contribution is 2.02. The number of hydrogen-bond acceptors (Lipinski definition) is 3. The molecule has 0 heterocycles. The van der Waals surface area contributed by atoms with Gasteiger partial charge in [0.05, 0.1) is 19.0 Å². The van der Waals surface area contributed by atoms with Gasteiger partial charge in [-0.15, -0.1) is 0 Å². The number of ether oxygens (including phenoxy) is 1. The van der Waals surface area contributed by atoms with Crippen LogP contribution in [-0.2, 0) is 16.1 Å². The predicted octanol–water partition coefficient (Wildman–Crippen LogP) is 3.01. The number of carbonyl (C=O) groups excluding carboxylic acids is 1. The molecule has 0 spiro atoms. The Morgan fingerprint density at radius 3 is 2.71 bits per heavy atom. The first-order valence-electron chi connectivity index (χ1n) is 5.76. The molecule has 0 atom stereocenters. The van der Waals surface area contributed by atoms with Gasteiger partial charge in [-0.1, -0.05) is 37.3 Å². The van der Waals surface area contributed by atoms with Crippen molar-refractivity contribution in [1.29, 1.82) is 0 Å². The second-order valence-electron chi connectivity index (χ2n) is 3.74. The lowest BCUT2D eigenvalue weighted by molar-refractivity contribution is -0.115. The molecule has 0 unspecified atom stereocenters. The molecular weight excluding hydrogens is 216 g/mol. The Hall–Kier alpha value is -1.61. The van der Waals surface area contributed by atoms with Gasteiger partial charge in [0, 0.05) is 18.9 Å². The monoisotopic (exact) mass is 234 g/mol. The van der Waals surface area contributed by atoms with Gasteiger partial charge in [0.1, 0.15) is 0 Å². The minimum atomic E-state index is -0.0996. The molecule has 0 aliphatic rings. The first-order valence-corrected chi connectivity index (χ1v) is 5.76. The highest BCUT2D eigenvalue weighted by atomic mass is 16.5. The number of carbonyl (C=O) groups is 1. The summed E-state index contributed by atoms with van der Waals surface area (Å²) in [4.78, 5) is 11.3. The van der Waals surface area contributed by atoms with Crippen molar-refractivity contribution in [1.82, 2.24) is 0 Å². The molecule has 0 radical (unpaired) electrons. The van der Waals surface area contributed by atoms with E-state index in [-0.39, 0.29) is 11.5 Å². The lowest BCUT2D eigenvalue weighted by atomic mass is 10.2. The standard InChI is InChI=1S/C14H18O3/c1-2-13(15)10-14(16)8-9-17-11-12-6-4-3-5-7-12/h3-7,10,15H,2,8-9,11H2,1H3. The van der Waals surface area contributed by atoms with Crippen molar-refractivity contribution in [3.63, 3.8) is 0 Å². The smallest absolute Gasteiger partial charge is 0.161 e. The van der Waals surface area contributed by atoms with E-state index >= 15 is 0 Å². The van der Waals surface area contributed by atoms with Gasteiger partial charge < -0.3 is 9.84 Å². The molecule has 0 aliphatic carbocycles. The molecule has 3 heteroatoms. The zero-order valence-electron chi connectivity index (χ0n) is 10.1. The maximum absolute atomic E-state index is 11.3. The second-order valence-corrected chi connectivity index (χ2v) is 3.74. The molecule has 3 nitrogen and oxygen atoms in total. The third-order valence-electron chi connectivity index (χ3n) is 2.29.